The van der Waals surface area contributed by atoms with Crippen LogP contribution in [0.5, 0.6) is 0 Å². The number of benzene rings is 1. The number of aromatic amines is 1. The predicted octanol–water partition coefficient (Wildman–Crippen LogP) is 1.48. The van der Waals surface area contributed by atoms with Crippen LogP contribution in [0.4, 0.5) is 4.39 Å². The van der Waals surface area contributed by atoms with Gasteiger partial charge in [0.2, 0.25) is 10.0 Å². The zero-order valence-electron chi connectivity index (χ0n) is 12.3. The molecule has 3 rings (SSSR count). The highest BCUT2D eigenvalue weighted by Crippen LogP contribution is 2.28. The van der Waals surface area contributed by atoms with E-state index in [1.165, 1.54) is 22.6 Å². The fourth-order valence-corrected chi connectivity index (χ4v) is 4.31. The van der Waals surface area contributed by atoms with Crippen molar-refractivity contribution in [2.75, 3.05) is 13.1 Å². The van der Waals surface area contributed by atoms with Crippen LogP contribution in [0.3, 0.4) is 0 Å². The molecule has 1 N–H and O–H groups in total. The molecule has 1 aromatic carbocycles. The lowest BCUT2D eigenvalue weighted by Gasteiger charge is -2.31. The van der Waals surface area contributed by atoms with Crippen molar-refractivity contribution in [3.05, 3.63) is 58.5 Å². The van der Waals surface area contributed by atoms with Crippen LogP contribution in [0.2, 0.25) is 0 Å². The lowest BCUT2D eigenvalue weighted by Crippen LogP contribution is -2.39. The second-order valence-electron chi connectivity index (χ2n) is 5.49. The van der Waals surface area contributed by atoms with Crippen molar-refractivity contribution < 1.29 is 12.8 Å². The van der Waals surface area contributed by atoms with Gasteiger partial charge in [-0.2, -0.15) is 4.31 Å². The molecule has 2 aromatic rings. The molecule has 1 saturated heterocycles. The first-order valence-corrected chi connectivity index (χ1v) is 8.72. The number of hydrogen-bond donors (Lipinski definition) is 1. The molecule has 122 valence electrons. The van der Waals surface area contributed by atoms with Gasteiger partial charge in [0.25, 0.3) is 0 Å². The van der Waals surface area contributed by atoms with Crippen LogP contribution in [0.25, 0.3) is 0 Å². The van der Waals surface area contributed by atoms with E-state index < -0.39 is 21.5 Å². The number of sulfonamides is 1. The Balaban J connectivity index is 1.85. The SMILES string of the molecule is O=c1nccc([C@H]2CCCN(S(=O)(=O)c3ccc(F)cc3)C2)[nH]1. The molecular formula is C15H16FN3O3S. The van der Waals surface area contributed by atoms with Gasteiger partial charge in [-0.25, -0.2) is 22.6 Å². The second kappa shape index (κ2) is 6.21. The van der Waals surface area contributed by atoms with Crippen molar-refractivity contribution in [1.29, 1.82) is 0 Å². The van der Waals surface area contributed by atoms with Gasteiger partial charge >= 0.3 is 5.69 Å². The molecule has 0 bridgehead atoms. The third kappa shape index (κ3) is 3.32. The van der Waals surface area contributed by atoms with Gasteiger partial charge in [0.15, 0.2) is 0 Å². The zero-order chi connectivity index (χ0) is 16.4. The van der Waals surface area contributed by atoms with E-state index in [9.17, 15) is 17.6 Å². The van der Waals surface area contributed by atoms with Crippen LogP contribution in [-0.2, 0) is 10.0 Å². The normalized spacial score (nSPS) is 19.6. The minimum atomic E-state index is -3.67. The number of aromatic nitrogens is 2. The monoisotopic (exact) mass is 337 g/mol. The molecule has 0 unspecified atom stereocenters. The summed E-state index contributed by atoms with van der Waals surface area (Å²) >= 11 is 0. The van der Waals surface area contributed by atoms with Crippen molar-refractivity contribution in [2.24, 2.45) is 0 Å². The van der Waals surface area contributed by atoms with E-state index in [-0.39, 0.29) is 17.4 Å². The Hall–Kier alpha value is -2.06. The van der Waals surface area contributed by atoms with Crippen molar-refractivity contribution in [2.45, 2.75) is 23.7 Å². The summed E-state index contributed by atoms with van der Waals surface area (Å²) in [5, 5.41) is 0. The topological polar surface area (TPSA) is 83.1 Å². The summed E-state index contributed by atoms with van der Waals surface area (Å²) < 4.78 is 39.7. The van der Waals surface area contributed by atoms with Crippen LogP contribution in [0.1, 0.15) is 24.5 Å². The third-order valence-corrected chi connectivity index (χ3v) is 5.85. The number of nitrogens with one attached hydrogen (secondary N) is 1. The molecule has 0 spiro atoms. The minimum Gasteiger partial charge on any atom is -0.309 e. The van der Waals surface area contributed by atoms with Gasteiger partial charge in [0, 0.05) is 30.9 Å². The van der Waals surface area contributed by atoms with Gasteiger partial charge in [-0.3, -0.25) is 0 Å². The number of nitrogens with zero attached hydrogens (tertiary/aromatic N) is 2. The summed E-state index contributed by atoms with van der Waals surface area (Å²) in [6.45, 7) is 0.686. The van der Waals surface area contributed by atoms with E-state index in [1.807, 2.05) is 0 Å². The summed E-state index contributed by atoms with van der Waals surface area (Å²) in [6, 6.07) is 6.49. The van der Waals surface area contributed by atoms with Crippen LogP contribution < -0.4 is 5.69 Å². The Kier molecular flexibility index (Phi) is 4.27. The zero-order valence-corrected chi connectivity index (χ0v) is 13.1. The molecule has 6 nitrogen and oxygen atoms in total. The van der Waals surface area contributed by atoms with Gasteiger partial charge in [-0.05, 0) is 43.2 Å². The molecule has 1 atom stereocenters. The van der Waals surface area contributed by atoms with E-state index in [0.29, 0.717) is 18.7 Å². The van der Waals surface area contributed by atoms with Crippen LogP contribution in [-0.4, -0.2) is 35.8 Å². The Bertz CT molecular complexity index is 849. The Morgan fingerprint density at radius 2 is 1.96 bits per heavy atom. The standard InChI is InChI=1S/C15H16FN3O3S/c16-12-3-5-13(6-4-12)23(21,22)19-9-1-2-11(10-19)14-7-8-17-15(20)18-14/h3-8,11H,1-2,9-10H2,(H,17,18,20)/t11-/m0/s1. The second-order valence-corrected chi connectivity index (χ2v) is 7.42. The summed E-state index contributed by atoms with van der Waals surface area (Å²) in [4.78, 5) is 17.6. The number of H-pyrrole nitrogens is 1. The van der Waals surface area contributed by atoms with Crippen molar-refractivity contribution in [3.8, 4) is 0 Å². The summed E-state index contributed by atoms with van der Waals surface area (Å²) in [5.74, 6) is -0.565. The molecule has 2 heterocycles. The molecule has 0 amide bonds. The molecule has 0 radical (unpaired) electrons. The molecule has 8 heteroatoms. The van der Waals surface area contributed by atoms with Gasteiger partial charge in [-0.1, -0.05) is 0 Å². The molecule has 23 heavy (non-hydrogen) atoms. The number of piperidine rings is 1. The van der Waals surface area contributed by atoms with Crippen molar-refractivity contribution in [3.63, 3.8) is 0 Å². The van der Waals surface area contributed by atoms with E-state index in [2.05, 4.69) is 9.97 Å². The number of hydrogen-bond acceptors (Lipinski definition) is 4. The van der Waals surface area contributed by atoms with Crippen molar-refractivity contribution >= 4 is 10.0 Å². The molecule has 0 aliphatic carbocycles. The largest absolute Gasteiger partial charge is 0.345 e. The smallest absolute Gasteiger partial charge is 0.309 e. The highest BCUT2D eigenvalue weighted by Gasteiger charge is 2.31. The Morgan fingerprint density at radius 3 is 2.65 bits per heavy atom. The van der Waals surface area contributed by atoms with Gasteiger partial charge in [-0.15, -0.1) is 0 Å². The summed E-state index contributed by atoms with van der Waals surface area (Å²) in [6.07, 6.45) is 2.90. The lowest BCUT2D eigenvalue weighted by atomic mass is 9.96. The van der Waals surface area contributed by atoms with Crippen LogP contribution in [0, 0.1) is 5.82 Å². The fourth-order valence-electron chi connectivity index (χ4n) is 2.79. The maximum absolute atomic E-state index is 13.0. The van der Waals surface area contributed by atoms with Gasteiger partial charge in [0.05, 0.1) is 4.90 Å². The molecule has 0 saturated carbocycles. The van der Waals surface area contributed by atoms with E-state index in [1.54, 1.807) is 6.07 Å². The van der Waals surface area contributed by atoms with E-state index in [4.69, 9.17) is 0 Å². The lowest BCUT2D eigenvalue weighted by molar-refractivity contribution is 0.312. The Morgan fingerprint density at radius 1 is 1.22 bits per heavy atom. The number of rotatable bonds is 3. The molecule has 1 aromatic heterocycles. The summed E-state index contributed by atoms with van der Waals surface area (Å²) in [5.41, 5.74) is 0.241. The van der Waals surface area contributed by atoms with Gasteiger partial charge < -0.3 is 4.98 Å². The number of halogens is 1. The first kappa shape index (κ1) is 15.8. The van der Waals surface area contributed by atoms with Gasteiger partial charge in [0.1, 0.15) is 5.82 Å². The van der Waals surface area contributed by atoms with E-state index >= 15 is 0 Å². The molecule has 1 fully saturated rings. The van der Waals surface area contributed by atoms with Crippen molar-refractivity contribution in [1.82, 2.24) is 14.3 Å². The highest BCUT2D eigenvalue weighted by molar-refractivity contribution is 7.89. The quantitative estimate of drug-likeness (QED) is 0.919. The van der Waals surface area contributed by atoms with Crippen LogP contribution in [0.15, 0.2) is 46.2 Å². The molecular weight excluding hydrogens is 321 g/mol. The fraction of sp³-hybridized carbons (Fsp3) is 0.333. The average molecular weight is 337 g/mol. The van der Waals surface area contributed by atoms with E-state index in [0.717, 1.165) is 18.6 Å². The maximum atomic E-state index is 13.0. The summed E-state index contributed by atoms with van der Waals surface area (Å²) in [7, 11) is -3.67. The first-order chi connectivity index (χ1) is 11.0. The maximum Gasteiger partial charge on any atom is 0.345 e. The Labute approximate surface area is 133 Å². The third-order valence-electron chi connectivity index (χ3n) is 3.97. The molecule has 1 aliphatic rings. The van der Waals surface area contributed by atoms with Crippen LogP contribution >= 0.6 is 0 Å². The minimum absolute atomic E-state index is 0.0720. The first-order valence-electron chi connectivity index (χ1n) is 7.28. The highest BCUT2D eigenvalue weighted by atomic mass is 32.2. The predicted molar refractivity (Wildman–Crippen MR) is 82.0 cm³/mol. The molecule has 1 aliphatic heterocycles. The average Bonchev–Trinajstić information content (AvgIpc) is 2.55.